The molecule has 1 saturated heterocycles. The zero-order valence-electron chi connectivity index (χ0n) is 15.6. The molecule has 0 aromatic carbocycles. The van der Waals surface area contributed by atoms with Crippen LogP contribution in [0.1, 0.15) is 40.0 Å². The van der Waals surface area contributed by atoms with Gasteiger partial charge in [-0.05, 0) is 38.6 Å². The molecular weight excluding hydrogens is 290 g/mol. The van der Waals surface area contributed by atoms with E-state index < -0.39 is 0 Å². The van der Waals surface area contributed by atoms with Crippen LogP contribution in [0.4, 0.5) is 0 Å². The molecule has 1 fully saturated rings. The van der Waals surface area contributed by atoms with Gasteiger partial charge in [-0.2, -0.15) is 0 Å². The third-order valence-corrected chi connectivity index (χ3v) is 3.96. The number of likely N-dealkylation sites (tertiary alicyclic amines) is 1. The van der Waals surface area contributed by atoms with Crippen molar-refractivity contribution < 1.29 is 4.79 Å². The van der Waals surface area contributed by atoms with Crippen molar-refractivity contribution in [3.63, 3.8) is 0 Å². The molecule has 1 atom stereocenters. The molecule has 0 spiro atoms. The zero-order chi connectivity index (χ0) is 17.2. The lowest BCUT2D eigenvalue weighted by Crippen LogP contribution is -2.44. The molecule has 23 heavy (non-hydrogen) atoms. The molecule has 1 aliphatic heterocycles. The second-order valence-corrected chi connectivity index (χ2v) is 6.82. The Morgan fingerprint density at radius 3 is 2.70 bits per heavy atom. The first-order chi connectivity index (χ1) is 11.0. The Morgan fingerprint density at radius 2 is 2.09 bits per heavy atom. The van der Waals surface area contributed by atoms with Crippen LogP contribution in [0.5, 0.6) is 0 Å². The van der Waals surface area contributed by atoms with Crippen molar-refractivity contribution in [1.82, 2.24) is 20.4 Å². The first-order valence-corrected chi connectivity index (χ1v) is 8.93. The SMILES string of the molecule is CCNC(=NCC(C)C)NCCCN1CCCC1C(=O)N(C)C. The summed E-state index contributed by atoms with van der Waals surface area (Å²) < 4.78 is 0. The van der Waals surface area contributed by atoms with Crippen LogP contribution < -0.4 is 10.6 Å². The van der Waals surface area contributed by atoms with Gasteiger partial charge >= 0.3 is 0 Å². The summed E-state index contributed by atoms with van der Waals surface area (Å²) in [5.74, 6) is 1.69. The van der Waals surface area contributed by atoms with E-state index >= 15 is 0 Å². The van der Waals surface area contributed by atoms with Gasteiger partial charge in [0.15, 0.2) is 5.96 Å². The molecule has 1 heterocycles. The van der Waals surface area contributed by atoms with Crippen molar-refractivity contribution in [2.75, 3.05) is 46.8 Å². The molecule has 6 nitrogen and oxygen atoms in total. The summed E-state index contributed by atoms with van der Waals surface area (Å²) in [7, 11) is 3.68. The second-order valence-electron chi connectivity index (χ2n) is 6.82. The molecule has 0 radical (unpaired) electrons. The number of guanidine groups is 1. The molecule has 0 aromatic rings. The average molecular weight is 326 g/mol. The molecule has 6 heteroatoms. The molecule has 1 rings (SSSR count). The third kappa shape index (κ3) is 7.20. The van der Waals surface area contributed by atoms with Gasteiger partial charge in [-0.3, -0.25) is 14.7 Å². The number of carbonyl (C=O) groups is 1. The highest BCUT2D eigenvalue weighted by Crippen LogP contribution is 2.18. The van der Waals surface area contributed by atoms with Crippen LogP contribution in [-0.2, 0) is 4.79 Å². The van der Waals surface area contributed by atoms with Crippen molar-refractivity contribution in [3.05, 3.63) is 0 Å². The van der Waals surface area contributed by atoms with E-state index in [9.17, 15) is 4.79 Å². The number of carbonyl (C=O) groups excluding carboxylic acids is 1. The average Bonchev–Trinajstić information content (AvgIpc) is 2.96. The van der Waals surface area contributed by atoms with Gasteiger partial charge in [-0.25, -0.2) is 0 Å². The molecular formula is C17H35N5O. The van der Waals surface area contributed by atoms with Gasteiger partial charge in [0, 0.05) is 40.3 Å². The van der Waals surface area contributed by atoms with Crippen LogP contribution in [0.15, 0.2) is 4.99 Å². The Hall–Kier alpha value is -1.30. The van der Waals surface area contributed by atoms with E-state index in [2.05, 4.69) is 41.3 Å². The minimum absolute atomic E-state index is 0.0767. The van der Waals surface area contributed by atoms with Crippen molar-refractivity contribution in [1.29, 1.82) is 0 Å². The van der Waals surface area contributed by atoms with E-state index in [4.69, 9.17) is 0 Å². The first kappa shape index (κ1) is 19.7. The van der Waals surface area contributed by atoms with E-state index in [1.165, 1.54) is 0 Å². The predicted octanol–water partition coefficient (Wildman–Crippen LogP) is 1.14. The van der Waals surface area contributed by atoms with Gasteiger partial charge in [0.25, 0.3) is 0 Å². The van der Waals surface area contributed by atoms with Gasteiger partial charge in [0.05, 0.1) is 6.04 Å². The number of rotatable bonds is 8. The maximum atomic E-state index is 12.2. The second kappa shape index (κ2) is 10.5. The molecule has 1 aliphatic rings. The highest BCUT2D eigenvalue weighted by atomic mass is 16.2. The molecule has 2 N–H and O–H groups in total. The Morgan fingerprint density at radius 1 is 1.35 bits per heavy atom. The number of amides is 1. The number of hydrogen-bond donors (Lipinski definition) is 2. The number of likely N-dealkylation sites (N-methyl/N-ethyl adjacent to an activating group) is 1. The molecule has 134 valence electrons. The quantitative estimate of drug-likeness (QED) is 0.399. The topological polar surface area (TPSA) is 60.0 Å². The van der Waals surface area contributed by atoms with E-state index in [1.54, 1.807) is 4.90 Å². The highest BCUT2D eigenvalue weighted by molar-refractivity contribution is 5.81. The summed E-state index contributed by atoms with van der Waals surface area (Å²) in [5.41, 5.74) is 0. The van der Waals surface area contributed by atoms with E-state index in [0.29, 0.717) is 5.92 Å². The summed E-state index contributed by atoms with van der Waals surface area (Å²) in [5, 5.41) is 6.66. The van der Waals surface area contributed by atoms with Crippen molar-refractivity contribution in [2.45, 2.75) is 46.1 Å². The van der Waals surface area contributed by atoms with Gasteiger partial charge in [-0.15, -0.1) is 0 Å². The van der Waals surface area contributed by atoms with Crippen LogP contribution >= 0.6 is 0 Å². The summed E-state index contributed by atoms with van der Waals surface area (Å²) in [6, 6.07) is 0.0767. The number of nitrogens with one attached hydrogen (secondary N) is 2. The van der Waals surface area contributed by atoms with Crippen LogP contribution in [0.2, 0.25) is 0 Å². The van der Waals surface area contributed by atoms with Gasteiger partial charge in [-0.1, -0.05) is 13.8 Å². The number of aliphatic imine (C=N–C) groups is 1. The Balaban J connectivity index is 2.34. The molecule has 0 saturated carbocycles. The summed E-state index contributed by atoms with van der Waals surface area (Å²) in [6.45, 7) is 11.0. The molecule has 0 aromatic heterocycles. The van der Waals surface area contributed by atoms with Crippen LogP contribution in [0.25, 0.3) is 0 Å². The van der Waals surface area contributed by atoms with Crippen LogP contribution in [-0.4, -0.2) is 74.5 Å². The predicted molar refractivity (Wildman–Crippen MR) is 96.7 cm³/mol. The maximum Gasteiger partial charge on any atom is 0.239 e. The fourth-order valence-electron chi connectivity index (χ4n) is 2.78. The summed E-state index contributed by atoms with van der Waals surface area (Å²) in [4.78, 5) is 20.8. The maximum absolute atomic E-state index is 12.2. The molecule has 0 aliphatic carbocycles. The lowest BCUT2D eigenvalue weighted by molar-refractivity contribution is -0.133. The van der Waals surface area contributed by atoms with Gasteiger partial charge < -0.3 is 15.5 Å². The minimum atomic E-state index is 0.0767. The summed E-state index contributed by atoms with van der Waals surface area (Å²) in [6.07, 6.45) is 3.13. The van der Waals surface area contributed by atoms with Gasteiger partial charge in [0.1, 0.15) is 0 Å². The smallest absolute Gasteiger partial charge is 0.239 e. The zero-order valence-corrected chi connectivity index (χ0v) is 15.6. The van der Waals surface area contributed by atoms with Crippen LogP contribution in [0, 0.1) is 5.92 Å². The first-order valence-electron chi connectivity index (χ1n) is 8.93. The van der Waals surface area contributed by atoms with E-state index in [1.807, 2.05) is 14.1 Å². The van der Waals surface area contributed by atoms with E-state index in [-0.39, 0.29) is 11.9 Å². The largest absolute Gasteiger partial charge is 0.357 e. The summed E-state index contributed by atoms with van der Waals surface area (Å²) >= 11 is 0. The van der Waals surface area contributed by atoms with Gasteiger partial charge in [0.2, 0.25) is 5.91 Å². The van der Waals surface area contributed by atoms with Crippen molar-refractivity contribution in [2.24, 2.45) is 10.9 Å². The molecule has 1 amide bonds. The Labute approximate surface area is 141 Å². The fourth-order valence-corrected chi connectivity index (χ4v) is 2.78. The Bertz CT molecular complexity index is 381. The number of nitrogens with zero attached hydrogens (tertiary/aromatic N) is 3. The third-order valence-electron chi connectivity index (χ3n) is 3.96. The van der Waals surface area contributed by atoms with E-state index in [0.717, 1.165) is 57.9 Å². The van der Waals surface area contributed by atoms with Crippen LogP contribution in [0.3, 0.4) is 0 Å². The standard InChI is InChI=1S/C17H35N5O/c1-6-18-17(20-13-14(2)3)19-10-8-12-22-11-7-9-15(22)16(23)21(4)5/h14-15H,6-13H2,1-5H3,(H2,18,19,20). The van der Waals surface area contributed by atoms with Crippen molar-refractivity contribution in [3.8, 4) is 0 Å². The molecule has 1 unspecified atom stereocenters. The normalized spacial score (nSPS) is 19.2. The number of hydrogen-bond acceptors (Lipinski definition) is 3. The highest BCUT2D eigenvalue weighted by Gasteiger charge is 2.30. The lowest BCUT2D eigenvalue weighted by Gasteiger charge is -2.26. The molecule has 0 bridgehead atoms. The fraction of sp³-hybridized carbons (Fsp3) is 0.882. The lowest BCUT2D eigenvalue weighted by atomic mass is 10.2. The minimum Gasteiger partial charge on any atom is -0.357 e. The Kier molecular flexibility index (Phi) is 8.99. The monoisotopic (exact) mass is 325 g/mol. The van der Waals surface area contributed by atoms with Crippen molar-refractivity contribution >= 4 is 11.9 Å².